The standard InChI is InChI=1S/C18H18BrF3N2O2.2ClH/c19-15-3-1-2-14(17(15)25)16(24-10-8-23-9-11-24)12-4-6-13(7-5-12)26-18(20,21)22;;/h1-7,16,23,25H,8-11H2;2*1H/t16-;;/m0../s1. The second kappa shape index (κ2) is 10.5. The molecule has 1 aliphatic rings. The van der Waals surface area contributed by atoms with Crippen LogP contribution in [0, 0.1) is 0 Å². The molecule has 0 spiro atoms. The summed E-state index contributed by atoms with van der Waals surface area (Å²) in [6.07, 6.45) is -4.72. The fourth-order valence-electron chi connectivity index (χ4n) is 3.13. The van der Waals surface area contributed by atoms with Crippen LogP contribution in [0.2, 0.25) is 0 Å². The maximum Gasteiger partial charge on any atom is 0.573 e. The number of para-hydroxylation sites is 1. The molecule has 4 nitrogen and oxygen atoms in total. The summed E-state index contributed by atoms with van der Waals surface area (Å²) in [5.74, 6) is -0.134. The smallest absolute Gasteiger partial charge is 0.506 e. The number of hydrogen-bond donors (Lipinski definition) is 2. The molecule has 0 aromatic heterocycles. The van der Waals surface area contributed by atoms with E-state index in [4.69, 9.17) is 0 Å². The lowest BCUT2D eigenvalue weighted by Gasteiger charge is -2.36. The molecule has 1 saturated heterocycles. The van der Waals surface area contributed by atoms with Gasteiger partial charge in [0.2, 0.25) is 0 Å². The summed E-state index contributed by atoms with van der Waals surface area (Å²) in [4.78, 5) is 2.19. The van der Waals surface area contributed by atoms with Gasteiger partial charge in [-0.05, 0) is 39.7 Å². The Bertz CT molecular complexity index is 757. The van der Waals surface area contributed by atoms with Crippen molar-refractivity contribution in [3.05, 3.63) is 58.1 Å². The molecular formula is C18H20BrCl2F3N2O2. The van der Waals surface area contributed by atoms with Crippen LogP contribution in [-0.2, 0) is 0 Å². The fourth-order valence-corrected chi connectivity index (χ4v) is 3.51. The Morgan fingerprint density at radius 3 is 2.21 bits per heavy atom. The van der Waals surface area contributed by atoms with Gasteiger partial charge in [0.05, 0.1) is 10.5 Å². The zero-order valence-electron chi connectivity index (χ0n) is 14.6. The van der Waals surface area contributed by atoms with E-state index in [1.807, 2.05) is 12.1 Å². The van der Waals surface area contributed by atoms with Crippen LogP contribution in [0.5, 0.6) is 11.5 Å². The lowest BCUT2D eigenvalue weighted by atomic mass is 9.95. The first-order valence-electron chi connectivity index (χ1n) is 8.13. The number of ether oxygens (including phenoxy) is 1. The first-order chi connectivity index (χ1) is 12.3. The molecule has 2 aromatic carbocycles. The number of aromatic hydroxyl groups is 1. The Balaban J connectivity index is 0.00000196. The Kier molecular flexibility index (Phi) is 9.36. The highest BCUT2D eigenvalue weighted by molar-refractivity contribution is 9.10. The molecule has 0 aliphatic carbocycles. The molecule has 0 saturated carbocycles. The van der Waals surface area contributed by atoms with E-state index in [9.17, 15) is 18.3 Å². The van der Waals surface area contributed by atoms with Gasteiger partial charge in [0.25, 0.3) is 0 Å². The summed E-state index contributed by atoms with van der Waals surface area (Å²) in [5, 5.41) is 13.8. The van der Waals surface area contributed by atoms with Crippen LogP contribution in [0.15, 0.2) is 46.9 Å². The number of nitrogens with zero attached hydrogens (tertiary/aromatic N) is 1. The number of alkyl halides is 3. The zero-order valence-corrected chi connectivity index (χ0v) is 17.8. The van der Waals surface area contributed by atoms with Crippen molar-refractivity contribution in [1.29, 1.82) is 0 Å². The van der Waals surface area contributed by atoms with Gasteiger partial charge >= 0.3 is 6.36 Å². The molecule has 156 valence electrons. The Morgan fingerprint density at radius 2 is 1.64 bits per heavy atom. The van der Waals surface area contributed by atoms with Crippen molar-refractivity contribution < 1.29 is 23.0 Å². The number of hydrogen-bond acceptors (Lipinski definition) is 4. The highest BCUT2D eigenvalue weighted by atomic mass is 79.9. The first-order valence-corrected chi connectivity index (χ1v) is 8.92. The normalized spacial score (nSPS) is 15.9. The van der Waals surface area contributed by atoms with E-state index in [0.717, 1.165) is 31.7 Å². The minimum absolute atomic E-state index is 0. The Hall–Kier alpha value is -1.19. The molecular weight excluding hydrogens is 484 g/mol. The molecule has 0 bridgehead atoms. The van der Waals surface area contributed by atoms with Crippen LogP contribution in [0.25, 0.3) is 0 Å². The van der Waals surface area contributed by atoms with Crippen molar-refractivity contribution in [2.24, 2.45) is 0 Å². The van der Waals surface area contributed by atoms with E-state index in [0.29, 0.717) is 10.0 Å². The van der Waals surface area contributed by atoms with E-state index < -0.39 is 6.36 Å². The van der Waals surface area contributed by atoms with E-state index in [1.54, 1.807) is 18.2 Å². The maximum atomic E-state index is 12.4. The topological polar surface area (TPSA) is 44.7 Å². The average molecular weight is 504 g/mol. The van der Waals surface area contributed by atoms with E-state index >= 15 is 0 Å². The summed E-state index contributed by atoms with van der Waals surface area (Å²) in [5.41, 5.74) is 1.49. The van der Waals surface area contributed by atoms with Crippen LogP contribution < -0.4 is 10.1 Å². The average Bonchev–Trinajstić information content (AvgIpc) is 2.60. The van der Waals surface area contributed by atoms with Gasteiger partial charge in [0, 0.05) is 31.7 Å². The summed E-state index contributed by atoms with van der Waals surface area (Å²) >= 11 is 3.33. The number of piperazine rings is 1. The minimum Gasteiger partial charge on any atom is -0.506 e. The third-order valence-electron chi connectivity index (χ3n) is 4.26. The van der Waals surface area contributed by atoms with Crippen molar-refractivity contribution in [2.75, 3.05) is 26.2 Å². The van der Waals surface area contributed by atoms with Crippen molar-refractivity contribution in [3.63, 3.8) is 0 Å². The van der Waals surface area contributed by atoms with Crippen molar-refractivity contribution in [1.82, 2.24) is 10.2 Å². The molecule has 0 amide bonds. The van der Waals surface area contributed by atoms with Crippen LogP contribution >= 0.6 is 40.7 Å². The summed E-state index contributed by atoms with van der Waals surface area (Å²) < 4.78 is 41.7. The maximum absolute atomic E-state index is 12.4. The molecule has 0 unspecified atom stereocenters. The van der Waals surface area contributed by atoms with Gasteiger partial charge in [-0.25, -0.2) is 0 Å². The molecule has 10 heteroatoms. The minimum atomic E-state index is -4.72. The highest BCUT2D eigenvalue weighted by Crippen LogP contribution is 2.38. The van der Waals surface area contributed by atoms with Gasteiger partial charge in [0.1, 0.15) is 11.5 Å². The number of nitrogens with one attached hydrogen (secondary N) is 1. The predicted octanol–water partition coefficient (Wildman–Crippen LogP) is 4.89. The largest absolute Gasteiger partial charge is 0.573 e. The molecule has 1 fully saturated rings. The van der Waals surface area contributed by atoms with Crippen molar-refractivity contribution in [2.45, 2.75) is 12.4 Å². The number of phenolic OH excluding ortho intramolecular Hbond substituents is 1. The number of halogens is 6. The van der Waals surface area contributed by atoms with Gasteiger partial charge in [-0.2, -0.15) is 0 Å². The Morgan fingerprint density at radius 1 is 1.04 bits per heavy atom. The van der Waals surface area contributed by atoms with Gasteiger partial charge < -0.3 is 15.2 Å². The third-order valence-corrected chi connectivity index (χ3v) is 4.90. The molecule has 2 N–H and O–H groups in total. The van der Waals surface area contributed by atoms with Gasteiger partial charge in [-0.15, -0.1) is 38.0 Å². The van der Waals surface area contributed by atoms with Crippen LogP contribution in [0.1, 0.15) is 17.2 Å². The molecule has 3 rings (SSSR count). The Labute approximate surface area is 182 Å². The predicted molar refractivity (Wildman–Crippen MR) is 110 cm³/mol. The lowest BCUT2D eigenvalue weighted by Crippen LogP contribution is -2.45. The quantitative estimate of drug-likeness (QED) is 0.623. The highest BCUT2D eigenvalue weighted by Gasteiger charge is 2.31. The second-order valence-corrected chi connectivity index (χ2v) is 6.84. The number of phenols is 1. The number of rotatable bonds is 4. The number of benzene rings is 2. The molecule has 1 aliphatic heterocycles. The monoisotopic (exact) mass is 502 g/mol. The molecule has 0 radical (unpaired) electrons. The third kappa shape index (κ3) is 6.15. The first kappa shape index (κ1) is 24.8. The molecule has 28 heavy (non-hydrogen) atoms. The van der Waals surface area contributed by atoms with Crippen molar-refractivity contribution >= 4 is 40.7 Å². The summed E-state index contributed by atoms with van der Waals surface area (Å²) in [7, 11) is 0. The molecule has 1 atom stereocenters. The van der Waals surface area contributed by atoms with E-state index in [1.165, 1.54) is 12.1 Å². The van der Waals surface area contributed by atoms with Crippen molar-refractivity contribution in [3.8, 4) is 11.5 Å². The van der Waals surface area contributed by atoms with Gasteiger partial charge in [-0.3, -0.25) is 4.90 Å². The fraction of sp³-hybridized carbons (Fsp3) is 0.333. The van der Waals surface area contributed by atoms with E-state index in [-0.39, 0.29) is 42.4 Å². The van der Waals surface area contributed by atoms with E-state index in [2.05, 4.69) is 30.9 Å². The SMILES string of the molecule is Cl.Cl.Oc1c(Br)cccc1[C@H](c1ccc(OC(F)(F)F)cc1)N1CCNCC1. The van der Waals surface area contributed by atoms with Gasteiger partial charge in [-0.1, -0.05) is 24.3 Å². The second-order valence-electron chi connectivity index (χ2n) is 5.98. The van der Waals surface area contributed by atoms with Gasteiger partial charge in [0.15, 0.2) is 0 Å². The summed E-state index contributed by atoms with van der Waals surface area (Å²) in [6, 6.07) is 10.9. The zero-order chi connectivity index (χ0) is 18.7. The summed E-state index contributed by atoms with van der Waals surface area (Å²) in [6.45, 7) is 3.13. The van der Waals surface area contributed by atoms with Crippen LogP contribution in [0.4, 0.5) is 13.2 Å². The van der Waals surface area contributed by atoms with Crippen LogP contribution in [-0.4, -0.2) is 42.5 Å². The van der Waals surface area contributed by atoms with Crippen LogP contribution in [0.3, 0.4) is 0 Å². The molecule has 1 heterocycles. The molecule has 2 aromatic rings. The lowest BCUT2D eigenvalue weighted by molar-refractivity contribution is -0.274.